The topological polar surface area (TPSA) is 247 Å². The van der Waals surface area contributed by atoms with Crippen LogP contribution in [0.15, 0.2) is 30.5 Å². The zero-order valence-electron chi connectivity index (χ0n) is 20.0. The molecule has 10 N–H and O–H groups in total. The molecular weight excluding hydrogens is 488 g/mol. The van der Waals surface area contributed by atoms with Gasteiger partial charge in [-0.1, -0.05) is 18.2 Å². The molecule has 2 rings (SSSR count). The number of hydrogen-bond donors (Lipinski definition) is 8. The zero-order valence-corrected chi connectivity index (χ0v) is 20.0. The Labute approximate surface area is 211 Å². The maximum absolute atomic E-state index is 13.2. The number of nitrogens with two attached hydrogens (primary N) is 2. The van der Waals surface area contributed by atoms with Crippen LogP contribution in [0.3, 0.4) is 0 Å². The first kappa shape index (κ1) is 28.8. The molecule has 4 atom stereocenters. The van der Waals surface area contributed by atoms with Gasteiger partial charge in [0.25, 0.3) is 0 Å². The molecule has 1 aromatic carbocycles. The Bertz CT molecular complexity index is 1180. The zero-order chi connectivity index (χ0) is 27.7. The van der Waals surface area contributed by atoms with Gasteiger partial charge in [0.1, 0.15) is 18.1 Å². The predicted molar refractivity (Wildman–Crippen MR) is 130 cm³/mol. The van der Waals surface area contributed by atoms with Gasteiger partial charge in [-0.05, 0) is 25.0 Å². The number of para-hydroxylation sites is 1. The van der Waals surface area contributed by atoms with Gasteiger partial charge in [-0.25, -0.2) is 0 Å². The summed E-state index contributed by atoms with van der Waals surface area (Å²) in [5, 5.41) is 25.6. The standard InChI is InChI=1S/C23H30N6O8/c1-11(23(36)37)27-21(34)17(9-18(25)30)29-22(35)16(28-20(33)14(24)6-7-19(31)32)8-12-10-26-15-5-3-2-4-13(12)15/h2-5,10-11,14,16-17,26H,6-9,24H2,1H3,(H2,25,30)(H,27,34)(H,28,33)(H,29,35)(H,31,32)(H,36,37). The maximum atomic E-state index is 13.2. The minimum Gasteiger partial charge on any atom is -0.481 e. The summed E-state index contributed by atoms with van der Waals surface area (Å²) in [4.78, 5) is 74.9. The number of carbonyl (C=O) groups is 6. The van der Waals surface area contributed by atoms with E-state index in [-0.39, 0.29) is 19.3 Å². The smallest absolute Gasteiger partial charge is 0.325 e. The number of aromatic nitrogens is 1. The van der Waals surface area contributed by atoms with Crippen molar-refractivity contribution in [3.05, 3.63) is 36.0 Å². The average Bonchev–Trinajstić information content (AvgIpc) is 3.23. The van der Waals surface area contributed by atoms with Gasteiger partial charge in [0.05, 0.1) is 12.5 Å². The molecule has 14 heteroatoms. The van der Waals surface area contributed by atoms with Crippen molar-refractivity contribution in [1.82, 2.24) is 20.9 Å². The Balaban J connectivity index is 2.28. The van der Waals surface area contributed by atoms with E-state index in [1.807, 2.05) is 6.07 Å². The third-order valence-corrected chi connectivity index (χ3v) is 5.51. The van der Waals surface area contributed by atoms with Crippen LogP contribution in [0, 0.1) is 0 Å². The summed E-state index contributed by atoms with van der Waals surface area (Å²) in [6.45, 7) is 1.20. The fourth-order valence-corrected chi connectivity index (χ4v) is 3.48. The summed E-state index contributed by atoms with van der Waals surface area (Å²) in [6, 6.07) is 1.85. The van der Waals surface area contributed by atoms with E-state index < -0.39 is 66.2 Å². The van der Waals surface area contributed by atoms with Gasteiger partial charge in [-0.15, -0.1) is 0 Å². The number of aromatic amines is 1. The molecule has 0 aliphatic rings. The van der Waals surface area contributed by atoms with E-state index in [0.717, 1.165) is 10.9 Å². The lowest BCUT2D eigenvalue weighted by molar-refractivity contribution is -0.142. The van der Waals surface area contributed by atoms with E-state index in [4.69, 9.17) is 21.7 Å². The summed E-state index contributed by atoms with van der Waals surface area (Å²) in [7, 11) is 0. The number of carbonyl (C=O) groups excluding carboxylic acids is 4. The minimum absolute atomic E-state index is 0.0519. The van der Waals surface area contributed by atoms with Crippen LogP contribution in [-0.4, -0.2) is 74.9 Å². The van der Waals surface area contributed by atoms with Crippen LogP contribution in [0.2, 0.25) is 0 Å². The fourth-order valence-electron chi connectivity index (χ4n) is 3.48. The van der Waals surface area contributed by atoms with Crippen LogP contribution in [0.5, 0.6) is 0 Å². The van der Waals surface area contributed by atoms with Crippen molar-refractivity contribution in [3.63, 3.8) is 0 Å². The SMILES string of the molecule is CC(NC(=O)C(CC(N)=O)NC(=O)C(Cc1c[nH]c2ccccc12)NC(=O)C(N)CCC(=O)O)C(=O)O. The second kappa shape index (κ2) is 13.0. The number of aliphatic carboxylic acids is 2. The van der Waals surface area contributed by atoms with E-state index in [0.29, 0.717) is 5.56 Å². The van der Waals surface area contributed by atoms with E-state index in [9.17, 15) is 28.8 Å². The van der Waals surface area contributed by atoms with Crippen LogP contribution in [0.1, 0.15) is 31.7 Å². The first-order chi connectivity index (χ1) is 17.4. The Morgan fingerprint density at radius 3 is 2.19 bits per heavy atom. The summed E-state index contributed by atoms with van der Waals surface area (Å²) >= 11 is 0. The van der Waals surface area contributed by atoms with Crippen LogP contribution in [0.25, 0.3) is 10.9 Å². The summed E-state index contributed by atoms with van der Waals surface area (Å²) < 4.78 is 0. The van der Waals surface area contributed by atoms with Crippen LogP contribution in [-0.2, 0) is 35.2 Å². The highest BCUT2D eigenvalue weighted by Gasteiger charge is 2.31. The number of carboxylic acid groups (broad SMARTS) is 2. The molecule has 4 unspecified atom stereocenters. The largest absolute Gasteiger partial charge is 0.481 e. The minimum atomic E-state index is -1.52. The Morgan fingerprint density at radius 1 is 0.946 bits per heavy atom. The molecule has 2 aromatic rings. The average molecular weight is 519 g/mol. The summed E-state index contributed by atoms with van der Waals surface area (Å²) in [5.41, 5.74) is 12.4. The second-order valence-corrected chi connectivity index (χ2v) is 8.46. The van der Waals surface area contributed by atoms with Crippen molar-refractivity contribution in [2.45, 2.75) is 56.8 Å². The van der Waals surface area contributed by atoms with Gasteiger partial charge in [-0.3, -0.25) is 28.8 Å². The van der Waals surface area contributed by atoms with Crippen molar-refractivity contribution in [2.75, 3.05) is 0 Å². The quantitative estimate of drug-likeness (QED) is 0.142. The number of rotatable bonds is 14. The molecule has 0 saturated carbocycles. The molecule has 0 spiro atoms. The van der Waals surface area contributed by atoms with Crippen molar-refractivity contribution in [1.29, 1.82) is 0 Å². The Hall–Kier alpha value is -4.46. The highest BCUT2D eigenvalue weighted by Crippen LogP contribution is 2.19. The molecule has 0 bridgehead atoms. The molecular formula is C23H30N6O8. The van der Waals surface area contributed by atoms with Crippen molar-refractivity contribution in [3.8, 4) is 0 Å². The molecule has 0 fully saturated rings. The number of fused-ring (bicyclic) bond motifs is 1. The molecule has 0 aliphatic heterocycles. The molecule has 1 aromatic heterocycles. The molecule has 200 valence electrons. The van der Waals surface area contributed by atoms with Crippen LogP contribution < -0.4 is 27.4 Å². The lowest BCUT2D eigenvalue weighted by atomic mass is 10.0. The van der Waals surface area contributed by atoms with Crippen molar-refractivity contribution < 1.29 is 39.0 Å². The van der Waals surface area contributed by atoms with Gasteiger partial charge in [0.15, 0.2) is 0 Å². The van der Waals surface area contributed by atoms with E-state index in [1.165, 1.54) is 6.92 Å². The first-order valence-electron chi connectivity index (χ1n) is 11.3. The number of primary amides is 1. The summed E-state index contributed by atoms with van der Waals surface area (Å²) in [6.07, 6.45) is 0.419. The lowest BCUT2D eigenvalue weighted by Gasteiger charge is -2.24. The van der Waals surface area contributed by atoms with E-state index in [2.05, 4.69) is 20.9 Å². The van der Waals surface area contributed by atoms with Gasteiger partial charge in [-0.2, -0.15) is 0 Å². The van der Waals surface area contributed by atoms with Gasteiger partial charge < -0.3 is 42.6 Å². The number of benzene rings is 1. The number of hydrogen-bond acceptors (Lipinski definition) is 7. The second-order valence-electron chi connectivity index (χ2n) is 8.46. The monoisotopic (exact) mass is 518 g/mol. The van der Waals surface area contributed by atoms with Crippen LogP contribution >= 0.6 is 0 Å². The summed E-state index contributed by atoms with van der Waals surface area (Å²) in [5.74, 6) is -6.04. The third kappa shape index (κ3) is 8.61. The first-order valence-corrected chi connectivity index (χ1v) is 11.3. The van der Waals surface area contributed by atoms with E-state index >= 15 is 0 Å². The highest BCUT2D eigenvalue weighted by molar-refractivity contribution is 5.96. The molecule has 0 radical (unpaired) electrons. The molecule has 0 aliphatic carbocycles. The number of carboxylic acids is 2. The lowest BCUT2D eigenvalue weighted by Crippen LogP contribution is -2.58. The molecule has 37 heavy (non-hydrogen) atoms. The van der Waals surface area contributed by atoms with Gasteiger partial charge in [0, 0.05) is 29.9 Å². The molecule has 14 nitrogen and oxygen atoms in total. The van der Waals surface area contributed by atoms with Gasteiger partial charge in [0.2, 0.25) is 23.6 Å². The van der Waals surface area contributed by atoms with Crippen LogP contribution in [0.4, 0.5) is 0 Å². The van der Waals surface area contributed by atoms with Crippen molar-refractivity contribution >= 4 is 46.5 Å². The maximum Gasteiger partial charge on any atom is 0.325 e. The predicted octanol–water partition coefficient (Wildman–Crippen LogP) is -1.66. The number of H-pyrrole nitrogens is 1. The normalized spacial score (nSPS) is 14.1. The number of nitrogens with one attached hydrogen (secondary N) is 4. The van der Waals surface area contributed by atoms with Crippen molar-refractivity contribution in [2.24, 2.45) is 11.5 Å². The third-order valence-electron chi connectivity index (χ3n) is 5.51. The van der Waals surface area contributed by atoms with E-state index in [1.54, 1.807) is 24.4 Å². The molecule has 4 amide bonds. The molecule has 0 saturated heterocycles. The fraction of sp³-hybridized carbons (Fsp3) is 0.391. The highest BCUT2D eigenvalue weighted by atomic mass is 16.4. The Kier molecular flexibility index (Phi) is 10.1. The molecule has 1 heterocycles. The number of amides is 4. The van der Waals surface area contributed by atoms with Gasteiger partial charge >= 0.3 is 11.9 Å². The Morgan fingerprint density at radius 2 is 1.57 bits per heavy atom.